The number of alkyl halides is 3. The van der Waals surface area contributed by atoms with E-state index in [0.29, 0.717) is 18.0 Å². The van der Waals surface area contributed by atoms with Crippen LogP contribution in [0.15, 0.2) is 60.7 Å². The minimum atomic E-state index is -4.80. The molecule has 2 saturated heterocycles. The maximum absolute atomic E-state index is 13.5. The van der Waals surface area contributed by atoms with Crippen molar-refractivity contribution in [2.24, 2.45) is 11.8 Å². The van der Waals surface area contributed by atoms with Crippen molar-refractivity contribution >= 4 is 17.5 Å². The molecule has 7 nitrogen and oxygen atoms in total. The smallest absolute Gasteiger partial charge is 0.497 e. The van der Waals surface area contributed by atoms with Gasteiger partial charge < -0.3 is 24.4 Å². The Morgan fingerprint density at radius 3 is 2.43 bits per heavy atom. The van der Waals surface area contributed by atoms with Crippen molar-refractivity contribution in [3.8, 4) is 11.5 Å². The molecule has 1 N–H and O–H groups in total. The number of amides is 2. The second-order valence-electron chi connectivity index (χ2n) is 8.88. The van der Waals surface area contributed by atoms with E-state index in [1.165, 1.54) is 12.1 Å². The Bertz CT molecular complexity index is 1170. The standard InChI is InChI=1S/C25H23F3N2O5/c1-14(15-3-7-17(33-2)8-4-15)30-13-24-12-11-19(35-24)20(21(24)23(30)32)22(31)29-16-5-9-18(10-6-16)34-25(26,27)28/h3-12,14,19-21H,13H2,1-2H3,(H,29,31)/t14-,19-,20-,21-,24+/m0/s1. The Labute approximate surface area is 199 Å². The Hall–Kier alpha value is -3.53. The summed E-state index contributed by atoms with van der Waals surface area (Å²) >= 11 is 0. The van der Waals surface area contributed by atoms with Crippen LogP contribution in [0.3, 0.4) is 0 Å². The number of methoxy groups -OCH3 is 1. The van der Waals surface area contributed by atoms with Gasteiger partial charge in [-0.25, -0.2) is 0 Å². The van der Waals surface area contributed by atoms with Crippen molar-refractivity contribution in [2.75, 3.05) is 19.0 Å². The van der Waals surface area contributed by atoms with Crippen molar-refractivity contribution < 1.29 is 37.0 Å². The van der Waals surface area contributed by atoms with Crippen LogP contribution >= 0.6 is 0 Å². The topological polar surface area (TPSA) is 77.1 Å². The molecule has 184 valence electrons. The molecule has 5 atom stereocenters. The van der Waals surface area contributed by atoms with E-state index in [2.05, 4.69) is 10.1 Å². The van der Waals surface area contributed by atoms with Gasteiger partial charge in [-0.1, -0.05) is 24.3 Å². The molecule has 2 amide bonds. The van der Waals surface area contributed by atoms with E-state index < -0.39 is 41.6 Å². The maximum Gasteiger partial charge on any atom is 0.573 e. The van der Waals surface area contributed by atoms with E-state index >= 15 is 0 Å². The average molecular weight is 488 g/mol. The molecule has 0 aromatic heterocycles. The number of hydrogen-bond acceptors (Lipinski definition) is 5. The van der Waals surface area contributed by atoms with E-state index in [0.717, 1.165) is 17.7 Å². The van der Waals surface area contributed by atoms with Crippen LogP contribution in [-0.4, -0.2) is 48.4 Å². The van der Waals surface area contributed by atoms with Crippen LogP contribution in [0.5, 0.6) is 11.5 Å². The lowest BCUT2D eigenvalue weighted by Crippen LogP contribution is -2.41. The summed E-state index contributed by atoms with van der Waals surface area (Å²) in [6.45, 7) is 2.25. The quantitative estimate of drug-likeness (QED) is 0.621. The first-order valence-electron chi connectivity index (χ1n) is 11.1. The molecule has 2 aromatic rings. The van der Waals surface area contributed by atoms with Gasteiger partial charge in [0.05, 0.1) is 37.6 Å². The lowest BCUT2D eigenvalue weighted by atomic mass is 9.76. The first kappa shape index (κ1) is 23.2. The molecular formula is C25H23F3N2O5. The first-order valence-corrected chi connectivity index (χ1v) is 11.1. The SMILES string of the molecule is COc1ccc([C@H](C)N2C[C@@]34C=C[C@H](O3)[C@H](C(=O)Nc3ccc(OC(F)(F)F)cc3)[C@H]4C2=O)cc1. The summed E-state index contributed by atoms with van der Waals surface area (Å²) in [5.74, 6) is -1.73. The van der Waals surface area contributed by atoms with Gasteiger partial charge in [0.25, 0.3) is 0 Å². The average Bonchev–Trinajstić information content (AvgIpc) is 3.47. The number of hydrogen-bond donors (Lipinski definition) is 1. The number of likely N-dealkylation sites (tertiary alicyclic amines) is 1. The lowest BCUT2D eigenvalue weighted by Gasteiger charge is -2.28. The van der Waals surface area contributed by atoms with Gasteiger partial charge in [0, 0.05) is 5.69 Å². The third-order valence-corrected chi connectivity index (χ3v) is 6.85. The van der Waals surface area contributed by atoms with Gasteiger partial charge in [-0.05, 0) is 48.9 Å². The minimum absolute atomic E-state index is 0.172. The molecule has 0 aliphatic carbocycles. The fraction of sp³-hybridized carbons (Fsp3) is 0.360. The summed E-state index contributed by atoms with van der Waals surface area (Å²) in [6.07, 6.45) is -1.68. The summed E-state index contributed by atoms with van der Waals surface area (Å²) in [6, 6.07) is 12.1. The molecule has 0 unspecified atom stereocenters. The summed E-state index contributed by atoms with van der Waals surface area (Å²) in [5.41, 5.74) is 0.338. The number of fused-ring (bicyclic) bond motifs is 1. The van der Waals surface area contributed by atoms with Crippen molar-refractivity contribution in [3.05, 3.63) is 66.2 Å². The summed E-state index contributed by atoms with van der Waals surface area (Å²) < 4.78 is 52.4. The minimum Gasteiger partial charge on any atom is -0.497 e. The highest BCUT2D eigenvalue weighted by Crippen LogP contribution is 2.53. The largest absolute Gasteiger partial charge is 0.573 e. The molecule has 2 fully saturated rings. The number of benzene rings is 2. The number of carbonyl (C=O) groups excluding carboxylic acids is 2. The first-order chi connectivity index (χ1) is 16.6. The molecule has 35 heavy (non-hydrogen) atoms. The molecule has 2 bridgehead atoms. The monoisotopic (exact) mass is 488 g/mol. The van der Waals surface area contributed by atoms with Gasteiger partial charge in [-0.3, -0.25) is 9.59 Å². The van der Waals surface area contributed by atoms with Gasteiger partial charge in [-0.15, -0.1) is 13.2 Å². The number of nitrogens with zero attached hydrogens (tertiary/aromatic N) is 1. The molecule has 0 saturated carbocycles. The van der Waals surface area contributed by atoms with Crippen LogP contribution in [0.1, 0.15) is 18.5 Å². The van der Waals surface area contributed by atoms with Crippen molar-refractivity contribution in [3.63, 3.8) is 0 Å². The Balaban J connectivity index is 1.32. The Morgan fingerprint density at radius 2 is 1.80 bits per heavy atom. The fourth-order valence-corrected chi connectivity index (χ4v) is 5.18. The van der Waals surface area contributed by atoms with Gasteiger partial charge in [0.15, 0.2) is 0 Å². The highest BCUT2D eigenvalue weighted by molar-refractivity contribution is 5.99. The fourth-order valence-electron chi connectivity index (χ4n) is 5.18. The van der Waals surface area contributed by atoms with Crippen molar-refractivity contribution in [1.29, 1.82) is 0 Å². The maximum atomic E-state index is 13.5. The van der Waals surface area contributed by atoms with Crippen LogP contribution in [0.25, 0.3) is 0 Å². The second kappa shape index (κ2) is 8.30. The van der Waals surface area contributed by atoms with Gasteiger partial charge in [-0.2, -0.15) is 0 Å². The van der Waals surface area contributed by atoms with Gasteiger partial charge in [0.1, 0.15) is 17.1 Å². The molecule has 0 radical (unpaired) electrons. The van der Waals surface area contributed by atoms with E-state index in [4.69, 9.17) is 9.47 Å². The third-order valence-electron chi connectivity index (χ3n) is 6.85. The van der Waals surface area contributed by atoms with E-state index in [1.54, 1.807) is 18.1 Å². The van der Waals surface area contributed by atoms with Crippen LogP contribution in [0, 0.1) is 11.8 Å². The highest BCUT2D eigenvalue weighted by Gasteiger charge is 2.67. The molecule has 1 spiro atoms. The number of rotatable bonds is 6. The summed E-state index contributed by atoms with van der Waals surface area (Å²) in [4.78, 5) is 28.5. The normalized spacial score (nSPS) is 27.6. The zero-order valence-electron chi connectivity index (χ0n) is 18.9. The Morgan fingerprint density at radius 1 is 1.14 bits per heavy atom. The molecule has 10 heteroatoms. The molecule has 3 aliphatic rings. The van der Waals surface area contributed by atoms with Crippen LogP contribution < -0.4 is 14.8 Å². The zero-order chi connectivity index (χ0) is 25.0. The Kier molecular flexibility index (Phi) is 5.51. The predicted molar refractivity (Wildman–Crippen MR) is 119 cm³/mol. The third kappa shape index (κ3) is 4.12. The molecule has 3 heterocycles. The molecule has 3 aliphatic heterocycles. The molecule has 5 rings (SSSR count). The van der Waals surface area contributed by atoms with Gasteiger partial charge in [0.2, 0.25) is 11.8 Å². The van der Waals surface area contributed by atoms with E-state index in [9.17, 15) is 22.8 Å². The number of carbonyl (C=O) groups is 2. The van der Waals surface area contributed by atoms with Crippen LogP contribution in [0.2, 0.25) is 0 Å². The lowest BCUT2D eigenvalue weighted by molar-refractivity contribution is -0.274. The summed E-state index contributed by atoms with van der Waals surface area (Å²) in [7, 11) is 1.58. The number of nitrogens with one attached hydrogen (secondary N) is 1. The zero-order valence-corrected chi connectivity index (χ0v) is 18.9. The number of halogens is 3. The van der Waals surface area contributed by atoms with E-state index in [1.807, 2.05) is 37.3 Å². The van der Waals surface area contributed by atoms with E-state index in [-0.39, 0.29) is 11.9 Å². The highest BCUT2D eigenvalue weighted by atomic mass is 19.4. The van der Waals surface area contributed by atoms with Crippen LogP contribution in [0.4, 0.5) is 18.9 Å². The van der Waals surface area contributed by atoms with Crippen molar-refractivity contribution in [2.45, 2.75) is 31.0 Å². The van der Waals surface area contributed by atoms with Crippen LogP contribution in [-0.2, 0) is 14.3 Å². The van der Waals surface area contributed by atoms with Gasteiger partial charge >= 0.3 is 6.36 Å². The molecule has 2 aromatic carbocycles. The predicted octanol–water partition coefficient (Wildman–Crippen LogP) is 4.08. The second-order valence-corrected chi connectivity index (χ2v) is 8.88. The summed E-state index contributed by atoms with van der Waals surface area (Å²) in [5, 5.41) is 2.70. The van der Waals surface area contributed by atoms with Crippen molar-refractivity contribution in [1.82, 2.24) is 4.90 Å². The number of ether oxygens (including phenoxy) is 3. The molecular weight excluding hydrogens is 465 g/mol. The number of anilines is 1.